The van der Waals surface area contributed by atoms with Crippen LogP contribution in [0.2, 0.25) is 0 Å². The molecular formula is C64H74B3BrO6. The normalized spacial score (nSPS) is 20.3. The first-order valence-corrected chi connectivity index (χ1v) is 25.1. The van der Waals surface area contributed by atoms with Crippen molar-refractivity contribution >= 4 is 75.2 Å². The highest BCUT2D eigenvalue weighted by molar-refractivity contribution is 9.10. The average Bonchev–Trinajstić information content (AvgIpc) is 2.24. The molecular weight excluding hydrogens is 977 g/mol. The number of halogens is 1. The fourth-order valence-corrected chi connectivity index (χ4v) is 8.77. The molecule has 3 aliphatic rings. The molecule has 10 heteroatoms. The van der Waals surface area contributed by atoms with Crippen molar-refractivity contribution in [3.05, 3.63) is 186 Å². The lowest BCUT2D eigenvalue weighted by molar-refractivity contribution is 0.00578. The molecule has 3 fully saturated rings. The topological polar surface area (TPSA) is 55.4 Å². The highest BCUT2D eigenvalue weighted by atomic mass is 79.9. The number of hydrogen-bond acceptors (Lipinski definition) is 6. The van der Waals surface area contributed by atoms with Crippen molar-refractivity contribution < 1.29 is 41.6 Å². The van der Waals surface area contributed by atoms with E-state index in [4.69, 9.17) is 41.6 Å². The van der Waals surface area contributed by atoms with Gasteiger partial charge in [-0.2, -0.15) is 0 Å². The lowest BCUT2D eigenvalue weighted by Gasteiger charge is -2.32. The SMILES string of the molecule is C.C.CC1(C)OB(c2cccc(B3OC(C)(C)C(C)(C)O3)c2)OC1(C)C.[2H]c1c([2H])c([2H])c(-c2ccc3cc(-c4cccc(B5OC(C)(C)C(C)(C)O5)c4)ccc3c2)c([2H])c1[2H].[2H]c1c([2H])c([2H])c(-c2ccc3cc(Br)ccc3c2)c([2H])c1[2H]. The Kier molecular flexibility index (Phi) is 12.9. The monoisotopic (exact) mass is 1060 g/mol. The van der Waals surface area contributed by atoms with E-state index in [1.807, 2.05) is 113 Å². The molecule has 0 aliphatic carbocycles. The van der Waals surface area contributed by atoms with Crippen molar-refractivity contribution in [3.8, 4) is 33.4 Å². The number of hydrogen-bond donors (Lipinski definition) is 0. The summed E-state index contributed by atoms with van der Waals surface area (Å²) in [6.45, 7) is 24.6. The van der Waals surface area contributed by atoms with Crippen LogP contribution in [0.5, 0.6) is 0 Å². The highest BCUT2D eigenvalue weighted by Crippen LogP contribution is 2.39. The van der Waals surface area contributed by atoms with Gasteiger partial charge >= 0.3 is 21.4 Å². The molecule has 8 aromatic carbocycles. The molecule has 0 bridgehead atoms. The van der Waals surface area contributed by atoms with Crippen LogP contribution in [0, 0.1) is 0 Å². The summed E-state index contributed by atoms with van der Waals surface area (Å²) in [4.78, 5) is 0. The zero-order chi connectivity index (χ0) is 60.0. The first-order chi connectivity index (χ1) is 38.1. The molecule has 74 heavy (non-hydrogen) atoms. The Hall–Kier alpha value is -5.29. The largest absolute Gasteiger partial charge is 0.494 e. The lowest BCUT2D eigenvalue weighted by Crippen LogP contribution is -2.41. The standard InChI is InChI=1S/C28H27BO2.C18H28B2O4.C16H11Br.2CH4/c1-27(2)28(3,4)31-29(30-27)26-12-8-11-21(19-26)23-15-16-24-17-22(13-14-25(24)18-23)20-9-6-5-7-10-20;1-15(2)16(3,4)22-19(21-15)13-10-9-11-14(12-13)20-23-17(5,6)18(7,8)24-20;17-16-9-8-14-10-13(6-7-15(14)11-16)12-4-2-1-3-5-12;;/h5-19H,1-4H3;9-12H,1-8H3;1-11H;2*1H4/i5D,6D,7D,9D,10D;;1D,2D,3D,4D,5D;;. The summed E-state index contributed by atoms with van der Waals surface area (Å²) in [5.41, 5.74) is 4.45. The maximum absolute atomic E-state index is 8.27. The van der Waals surface area contributed by atoms with Gasteiger partial charge in [0.15, 0.2) is 0 Å². The second-order valence-corrected chi connectivity index (χ2v) is 22.5. The predicted octanol–water partition coefficient (Wildman–Crippen LogP) is 15.3. The van der Waals surface area contributed by atoms with Crippen molar-refractivity contribution in [1.29, 1.82) is 0 Å². The van der Waals surface area contributed by atoms with Crippen LogP contribution in [0.15, 0.2) is 186 Å². The van der Waals surface area contributed by atoms with Gasteiger partial charge in [0.25, 0.3) is 0 Å². The third kappa shape index (κ3) is 11.9. The van der Waals surface area contributed by atoms with Gasteiger partial charge in [0.2, 0.25) is 0 Å². The molecule has 0 N–H and O–H groups in total. The second kappa shape index (κ2) is 21.8. The van der Waals surface area contributed by atoms with Crippen molar-refractivity contribution in [2.75, 3.05) is 0 Å². The Morgan fingerprint density at radius 2 is 0.608 bits per heavy atom. The predicted molar refractivity (Wildman–Crippen MR) is 319 cm³/mol. The van der Waals surface area contributed by atoms with E-state index in [0.29, 0.717) is 11.1 Å². The minimum atomic E-state index is -0.435. The van der Waals surface area contributed by atoms with Gasteiger partial charge in [0.05, 0.1) is 47.3 Å². The van der Waals surface area contributed by atoms with Crippen LogP contribution in [0.25, 0.3) is 54.9 Å². The highest BCUT2D eigenvalue weighted by Gasteiger charge is 2.54. The zero-order valence-corrected chi connectivity index (χ0v) is 44.7. The van der Waals surface area contributed by atoms with Crippen LogP contribution in [0.1, 0.15) is 112 Å². The minimum absolute atomic E-state index is 0. The summed E-state index contributed by atoms with van der Waals surface area (Å²) in [7, 11) is -1.19. The molecule has 0 amide bonds. The van der Waals surface area contributed by atoms with E-state index in [1.165, 1.54) is 0 Å². The van der Waals surface area contributed by atoms with Gasteiger partial charge in [-0.25, -0.2) is 0 Å². The van der Waals surface area contributed by atoms with Gasteiger partial charge in [-0.3, -0.25) is 0 Å². The van der Waals surface area contributed by atoms with Crippen molar-refractivity contribution in [1.82, 2.24) is 0 Å². The van der Waals surface area contributed by atoms with Crippen LogP contribution in [0.3, 0.4) is 0 Å². The maximum atomic E-state index is 8.27. The summed E-state index contributed by atoms with van der Waals surface area (Å²) in [6, 6.07) is 36.5. The van der Waals surface area contributed by atoms with Crippen LogP contribution >= 0.6 is 15.9 Å². The fourth-order valence-electron chi connectivity index (χ4n) is 8.40. The summed E-state index contributed by atoms with van der Waals surface area (Å²) in [6.07, 6.45) is 0. The van der Waals surface area contributed by atoms with E-state index < -0.39 is 18.3 Å². The Labute approximate surface area is 466 Å². The molecule has 0 spiro atoms. The van der Waals surface area contributed by atoms with E-state index in [2.05, 4.69) is 95.6 Å². The molecule has 0 atom stereocenters. The first kappa shape index (κ1) is 43.9. The molecule has 3 saturated heterocycles. The Balaban J connectivity index is 0.000000186. The van der Waals surface area contributed by atoms with Gasteiger partial charge in [0, 0.05) is 4.47 Å². The molecule has 11 rings (SSSR count). The van der Waals surface area contributed by atoms with Crippen LogP contribution in [-0.2, 0) is 27.9 Å². The Morgan fingerprint density at radius 1 is 0.324 bits per heavy atom. The van der Waals surface area contributed by atoms with Crippen molar-refractivity contribution in [2.24, 2.45) is 0 Å². The zero-order valence-electron chi connectivity index (χ0n) is 53.1. The minimum Gasteiger partial charge on any atom is -0.399 e. The molecule has 6 nitrogen and oxygen atoms in total. The smallest absolute Gasteiger partial charge is 0.399 e. The second-order valence-electron chi connectivity index (χ2n) is 21.5. The van der Waals surface area contributed by atoms with Gasteiger partial charge in [-0.15, -0.1) is 0 Å². The Bertz CT molecular complexity index is 3660. The lowest BCUT2D eigenvalue weighted by atomic mass is 9.72. The maximum Gasteiger partial charge on any atom is 0.494 e. The number of rotatable bonds is 6. The third-order valence-corrected chi connectivity index (χ3v) is 15.4. The van der Waals surface area contributed by atoms with Gasteiger partial charge in [0.1, 0.15) is 0 Å². The fraction of sp³-hybridized carbons (Fsp3) is 0.312. The summed E-state index contributed by atoms with van der Waals surface area (Å²) >= 11 is 3.42. The molecule has 0 radical (unpaired) electrons. The average molecular weight is 1060 g/mol. The van der Waals surface area contributed by atoms with Gasteiger partial charge in [-0.05, 0) is 185 Å². The van der Waals surface area contributed by atoms with Crippen molar-refractivity contribution in [3.63, 3.8) is 0 Å². The number of benzene rings is 8. The molecule has 8 aromatic rings. The van der Waals surface area contributed by atoms with Gasteiger partial charge in [-0.1, -0.05) is 182 Å². The summed E-state index contributed by atoms with van der Waals surface area (Å²) in [5, 5.41) is 3.88. The number of fused-ring (bicyclic) bond motifs is 2. The molecule has 3 heterocycles. The first-order valence-electron chi connectivity index (χ1n) is 29.3. The van der Waals surface area contributed by atoms with Crippen LogP contribution < -0.4 is 16.4 Å². The third-order valence-electron chi connectivity index (χ3n) is 14.9. The molecule has 3 aliphatic heterocycles. The van der Waals surface area contributed by atoms with E-state index in [0.717, 1.165) is 53.5 Å². The molecule has 0 saturated carbocycles. The molecule has 0 aromatic heterocycles. The van der Waals surface area contributed by atoms with Crippen molar-refractivity contribution in [2.45, 2.75) is 132 Å². The van der Waals surface area contributed by atoms with Crippen LogP contribution in [-0.4, -0.2) is 55.0 Å². The Morgan fingerprint density at radius 3 is 0.973 bits per heavy atom. The summed E-state index contributed by atoms with van der Waals surface area (Å²) < 4.78 is 118. The van der Waals surface area contributed by atoms with Gasteiger partial charge < -0.3 is 27.9 Å². The van der Waals surface area contributed by atoms with E-state index in [-0.39, 0.29) is 123 Å². The van der Waals surface area contributed by atoms with E-state index in [9.17, 15) is 0 Å². The molecule has 0 unspecified atom stereocenters. The molecule has 382 valence electrons. The van der Waals surface area contributed by atoms with E-state index >= 15 is 0 Å². The quantitative estimate of drug-likeness (QED) is 0.155. The van der Waals surface area contributed by atoms with Crippen LogP contribution in [0.4, 0.5) is 0 Å². The summed E-state index contributed by atoms with van der Waals surface area (Å²) in [5.74, 6) is 0. The van der Waals surface area contributed by atoms with E-state index in [1.54, 1.807) is 12.1 Å².